The van der Waals surface area contributed by atoms with Gasteiger partial charge in [-0.1, -0.05) is 75.3 Å². The number of benzene rings is 3. The summed E-state index contributed by atoms with van der Waals surface area (Å²) in [5, 5.41) is 17.4. The number of imide groups is 1. The average molecular weight is 781 g/mol. The van der Waals surface area contributed by atoms with E-state index < -0.39 is 55.0 Å². The van der Waals surface area contributed by atoms with Crippen LogP contribution in [0.3, 0.4) is 0 Å². The summed E-state index contributed by atoms with van der Waals surface area (Å²) >= 11 is 0. The van der Waals surface area contributed by atoms with E-state index >= 15 is 0 Å². The van der Waals surface area contributed by atoms with Crippen molar-refractivity contribution >= 4 is 29.3 Å². The van der Waals surface area contributed by atoms with Crippen molar-refractivity contribution < 1.29 is 41.8 Å². The number of anilines is 2. The van der Waals surface area contributed by atoms with Gasteiger partial charge < -0.3 is 20.5 Å². The molecule has 0 radical (unpaired) electrons. The van der Waals surface area contributed by atoms with Gasteiger partial charge in [-0.25, -0.2) is 14.1 Å². The van der Waals surface area contributed by atoms with Gasteiger partial charge in [0.25, 0.3) is 5.91 Å². The topological polar surface area (TPSA) is 111 Å². The van der Waals surface area contributed by atoms with Gasteiger partial charge in [-0.05, 0) is 91.6 Å². The number of hydrogen-bond acceptors (Lipinski definition) is 7. The summed E-state index contributed by atoms with van der Waals surface area (Å²) in [5.74, 6) is -0.351. The first kappa shape index (κ1) is 41.2. The lowest BCUT2D eigenvalue weighted by molar-refractivity contribution is -0.204. The second-order valence-electron chi connectivity index (χ2n) is 15.5. The van der Waals surface area contributed by atoms with Crippen molar-refractivity contribution in [1.29, 1.82) is 0 Å². The Balaban J connectivity index is 0.966. The second kappa shape index (κ2) is 18.2. The number of unbranched alkanes of at least 4 members (excludes halogenated alkanes) is 2. The Morgan fingerprint density at radius 1 is 0.964 bits per heavy atom. The Hall–Kier alpha value is -4.49. The smallest absolute Gasteiger partial charge is 0.418 e. The standard InChI is InChI=1S/C43H52F4N4O5/c1-29(43(45,46)47)50(27-32-13-17-34(44)18-14-32)39(53)28-51-40(54)42(56-41(51)55)24-23-33-26-36(21-22-37(33)42)48-25-7-11-31-15-19-35(20-16-31)49-38(52)12-4-2-3-8-30-9-5-6-10-30/h13-22,26,29-30,39,48,53H,2-12,23-25,27-28H2,1H3,(H,49,52)/t29-,39?,42+/m0/s1. The molecular formula is C43H52F4N4O5. The molecule has 3 atom stereocenters. The fraction of sp³-hybridized carbons (Fsp3) is 0.512. The normalized spacial score (nSPS) is 19.4. The highest BCUT2D eigenvalue weighted by atomic mass is 19.4. The fourth-order valence-corrected chi connectivity index (χ4v) is 8.24. The van der Waals surface area contributed by atoms with Crippen molar-refractivity contribution in [2.24, 2.45) is 5.92 Å². The third-order valence-corrected chi connectivity index (χ3v) is 11.5. The van der Waals surface area contributed by atoms with Gasteiger partial charge in [-0.15, -0.1) is 0 Å². The third-order valence-electron chi connectivity index (χ3n) is 11.5. The van der Waals surface area contributed by atoms with Crippen molar-refractivity contribution in [2.75, 3.05) is 23.7 Å². The Kier molecular flexibility index (Phi) is 13.4. The van der Waals surface area contributed by atoms with E-state index in [4.69, 9.17) is 4.74 Å². The molecule has 1 saturated carbocycles. The molecule has 3 aromatic rings. The summed E-state index contributed by atoms with van der Waals surface area (Å²) in [6.45, 7) is 0.396. The van der Waals surface area contributed by atoms with Gasteiger partial charge in [-0.3, -0.25) is 14.5 Å². The summed E-state index contributed by atoms with van der Waals surface area (Å²) in [6, 6.07) is 16.0. The van der Waals surface area contributed by atoms with Crippen LogP contribution in [-0.4, -0.2) is 64.3 Å². The minimum absolute atomic E-state index is 0.0514. The highest BCUT2D eigenvalue weighted by Gasteiger charge is 2.58. The molecule has 56 heavy (non-hydrogen) atoms. The molecular weight excluding hydrogens is 728 g/mol. The number of ether oxygens (including phenoxy) is 1. The molecule has 3 aliphatic rings. The molecule has 3 N–H and O–H groups in total. The van der Waals surface area contributed by atoms with E-state index in [2.05, 4.69) is 10.6 Å². The number of alkyl halides is 3. The Morgan fingerprint density at radius 3 is 2.38 bits per heavy atom. The van der Waals surface area contributed by atoms with E-state index in [1.807, 2.05) is 30.3 Å². The Morgan fingerprint density at radius 2 is 1.66 bits per heavy atom. The zero-order chi connectivity index (χ0) is 39.9. The molecule has 1 aliphatic heterocycles. The minimum Gasteiger partial charge on any atom is -0.427 e. The number of fused-ring (bicyclic) bond motifs is 2. The molecule has 3 aromatic carbocycles. The van der Waals surface area contributed by atoms with Crippen LogP contribution in [-0.2, 0) is 39.3 Å². The molecule has 2 aliphatic carbocycles. The molecule has 13 heteroatoms. The average Bonchev–Trinajstić information content (AvgIpc) is 3.88. The summed E-state index contributed by atoms with van der Waals surface area (Å²) in [6.07, 6.45) is 5.17. The highest BCUT2D eigenvalue weighted by molar-refractivity contribution is 6.04. The lowest BCUT2D eigenvalue weighted by atomic mass is 9.94. The molecule has 1 heterocycles. The number of rotatable bonds is 18. The molecule has 1 unspecified atom stereocenters. The summed E-state index contributed by atoms with van der Waals surface area (Å²) in [5.41, 5.74) is 2.78. The van der Waals surface area contributed by atoms with Gasteiger partial charge in [0.05, 0.1) is 6.54 Å². The molecule has 1 spiro atoms. The number of β-amino-alcohol motifs (C(OH)–C–C–N with tert-alkyl or cyclic N) is 1. The first-order chi connectivity index (χ1) is 26.8. The van der Waals surface area contributed by atoms with E-state index in [0.29, 0.717) is 40.3 Å². The van der Waals surface area contributed by atoms with Crippen LogP contribution in [0.25, 0.3) is 0 Å². The lowest BCUT2D eigenvalue weighted by Crippen LogP contribution is -2.53. The number of hydrogen-bond donors (Lipinski definition) is 3. The molecule has 6 rings (SSSR count). The first-order valence-corrected chi connectivity index (χ1v) is 19.9. The summed E-state index contributed by atoms with van der Waals surface area (Å²) in [7, 11) is 0. The van der Waals surface area contributed by atoms with Crippen LogP contribution in [0, 0.1) is 11.7 Å². The highest BCUT2D eigenvalue weighted by Crippen LogP contribution is 2.46. The summed E-state index contributed by atoms with van der Waals surface area (Å²) in [4.78, 5) is 40.6. The molecule has 1 saturated heterocycles. The first-order valence-electron chi connectivity index (χ1n) is 19.9. The van der Waals surface area contributed by atoms with Gasteiger partial charge in [0.2, 0.25) is 11.5 Å². The van der Waals surface area contributed by atoms with Gasteiger partial charge >= 0.3 is 12.3 Å². The number of carbonyl (C=O) groups is 3. The van der Waals surface area contributed by atoms with Crippen LogP contribution in [0.5, 0.6) is 0 Å². The molecule has 302 valence electrons. The van der Waals surface area contributed by atoms with Gasteiger partial charge in [0.15, 0.2) is 0 Å². The quantitative estimate of drug-likeness (QED) is 0.0672. The maximum Gasteiger partial charge on any atom is 0.418 e. The van der Waals surface area contributed by atoms with Gasteiger partial charge in [-0.2, -0.15) is 13.2 Å². The van der Waals surface area contributed by atoms with Crippen LogP contribution in [0.15, 0.2) is 66.7 Å². The maximum atomic E-state index is 13.8. The van der Waals surface area contributed by atoms with Crippen molar-refractivity contribution in [3.05, 3.63) is 94.8 Å². The van der Waals surface area contributed by atoms with E-state index in [0.717, 1.165) is 73.2 Å². The monoisotopic (exact) mass is 780 g/mol. The van der Waals surface area contributed by atoms with Crippen LogP contribution in [0.2, 0.25) is 0 Å². The largest absolute Gasteiger partial charge is 0.427 e. The van der Waals surface area contributed by atoms with Crippen molar-refractivity contribution in [1.82, 2.24) is 9.80 Å². The number of carbonyl (C=O) groups excluding carboxylic acids is 3. The van der Waals surface area contributed by atoms with E-state index in [9.17, 15) is 37.1 Å². The zero-order valence-corrected chi connectivity index (χ0v) is 31.9. The van der Waals surface area contributed by atoms with Crippen molar-refractivity contribution in [3.63, 3.8) is 0 Å². The second-order valence-corrected chi connectivity index (χ2v) is 15.5. The molecule has 9 nitrogen and oxygen atoms in total. The molecule has 3 amide bonds. The van der Waals surface area contributed by atoms with E-state index in [-0.39, 0.29) is 12.3 Å². The molecule has 0 aromatic heterocycles. The molecule has 0 bridgehead atoms. The number of aliphatic hydroxyl groups is 1. The SMILES string of the molecule is C[C@H](N(Cc1ccc(F)cc1)C(O)CN1C(=O)O[C@@]2(CCc3cc(NCCCc4ccc(NC(=O)CCCCCC5CCCC5)cc4)ccc32)C1=O)C(F)(F)F. The van der Waals surface area contributed by atoms with Crippen LogP contribution in [0.1, 0.15) is 99.8 Å². The third kappa shape index (κ3) is 10.1. The maximum absolute atomic E-state index is 13.8. The lowest BCUT2D eigenvalue weighted by Gasteiger charge is -2.35. The zero-order valence-electron chi connectivity index (χ0n) is 31.9. The Bertz CT molecular complexity index is 1820. The number of amides is 3. The minimum atomic E-state index is -4.73. The predicted octanol–water partition coefficient (Wildman–Crippen LogP) is 8.84. The van der Waals surface area contributed by atoms with Crippen molar-refractivity contribution in [2.45, 2.75) is 121 Å². The molecule has 2 fully saturated rings. The van der Waals surface area contributed by atoms with E-state index in [1.165, 1.54) is 50.7 Å². The number of nitrogens with one attached hydrogen (secondary N) is 2. The van der Waals surface area contributed by atoms with Crippen LogP contribution in [0.4, 0.5) is 33.7 Å². The predicted molar refractivity (Wildman–Crippen MR) is 205 cm³/mol. The summed E-state index contributed by atoms with van der Waals surface area (Å²) < 4.78 is 60.6. The number of aliphatic hydroxyl groups excluding tert-OH is 1. The Labute approximate surface area is 325 Å². The van der Waals surface area contributed by atoms with Crippen LogP contribution >= 0.6 is 0 Å². The number of nitrogens with zero attached hydrogens (tertiary/aromatic N) is 2. The van der Waals surface area contributed by atoms with Gasteiger partial charge in [0, 0.05) is 42.9 Å². The fourth-order valence-electron chi connectivity index (χ4n) is 8.24. The number of halogens is 4. The van der Waals surface area contributed by atoms with Crippen LogP contribution < -0.4 is 10.6 Å². The number of aryl methyl sites for hydroxylation is 2. The van der Waals surface area contributed by atoms with E-state index in [1.54, 1.807) is 12.1 Å². The van der Waals surface area contributed by atoms with Gasteiger partial charge in [0.1, 0.15) is 18.1 Å². The van der Waals surface area contributed by atoms with Crippen molar-refractivity contribution in [3.8, 4) is 0 Å².